The van der Waals surface area contributed by atoms with Gasteiger partial charge in [-0.25, -0.2) is 4.79 Å². The fourth-order valence-electron chi connectivity index (χ4n) is 3.39. The Balaban J connectivity index is 1.68. The van der Waals surface area contributed by atoms with Gasteiger partial charge in [-0.05, 0) is 44.3 Å². The fraction of sp³-hybridized carbons (Fsp3) is 0.524. The number of piperidine rings is 1. The maximum Gasteiger partial charge on any atom is 0.315 e. The molecule has 1 saturated heterocycles. The second-order valence-corrected chi connectivity index (χ2v) is 7.07. The van der Waals surface area contributed by atoms with Gasteiger partial charge in [0.1, 0.15) is 6.04 Å². The number of urea groups is 1. The molecule has 1 aromatic carbocycles. The molecule has 2 atom stereocenters. The monoisotopic (exact) mass is 386 g/mol. The number of terminal acetylenes is 1. The highest BCUT2D eigenvalue weighted by atomic mass is 16.3. The van der Waals surface area contributed by atoms with Crippen LogP contribution in [0.2, 0.25) is 0 Å². The minimum atomic E-state index is -1.05. The zero-order chi connectivity index (χ0) is 20.4. The summed E-state index contributed by atoms with van der Waals surface area (Å²) in [4.78, 5) is 26.3. The van der Waals surface area contributed by atoms with E-state index in [1.54, 1.807) is 0 Å². The summed E-state index contributed by atoms with van der Waals surface area (Å²) in [7, 11) is 0. The molecule has 2 rings (SSSR count). The highest BCUT2D eigenvalue weighted by molar-refractivity contribution is 5.87. The van der Waals surface area contributed by atoms with E-state index < -0.39 is 24.1 Å². The summed E-state index contributed by atoms with van der Waals surface area (Å²) >= 11 is 0. The van der Waals surface area contributed by atoms with Gasteiger partial charge >= 0.3 is 6.03 Å². The number of benzene rings is 1. The van der Waals surface area contributed by atoms with Gasteiger partial charge in [-0.3, -0.25) is 4.79 Å². The maximum atomic E-state index is 12.0. The van der Waals surface area contributed by atoms with Crippen LogP contribution in [0.25, 0.3) is 0 Å². The summed E-state index contributed by atoms with van der Waals surface area (Å²) in [5.74, 6) is 2.37. The van der Waals surface area contributed by atoms with E-state index in [0.717, 1.165) is 32.5 Å². The molecule has 0 bridgehead atoms. The van der Waals surface area contributed by atoms with Gasteiger partial charge in [0.15, 0.2) is 0 Å². The first-order chi connectivity index (χ1) is 13.5. The maximum absolute atomic E-state index is 12.0. The number of nitrogens with one attached hydrogen (secondary N) is 3. The molecule has 0 radical (unpaired) electrons. The summed E-state index contributed by atoms with van der Waals surface area (Å²) < 4.78 is 0. The third kappa shape index (κ3) is 6.87. The second-order valence-electron chi connectivity index (χ2n) is 7.07. The Bertz CT molecular complexity index is 664. The molecule has 1 aliphatic rings. The van der Waals surface area contributed by atoms with Crippen LogP contribution in [0.5, 0.6) is 0 Å². The van der Waals surface area contributed by atoms with Gasteiger partial charge < -0.3 is 26.0 Å². The van der Waals surface area contributed by atoms with Gasteiger partial charge in [-0.1, -0.05) is 36.3 Å². The van der Waals surface area contributed by atoms with Crippen LogP contribution in [0.15, 0.2) is 30.3 Å². The minimum Gasteiger partial charge on any atom is -0.391 e. The first-order valence-corrected chi connectivity index (χ1v) is 9.72. The fourth-order valence-corrected chi connectivity index (χ4v) is 3.39. The standard InChI is InChI=1S/C21H30N4O3/c1-3-11-22-20(27)19(16(2)26)24-21(28)23-12-15-25-13-9-18(10-14-25)17-7-5-4-6-8-17/h1,4-8,16,18-19,26H,9-15H2,2H3,(H,22,27)(H2,23,24,28)/t16-,19+/m1/s1. The number of aliphatic hydroxyl groups excluding tert-OH is 1. The third-order valence-electron chi connectivity index (χ3n) is 4.99. The Morgan fingerprint density at radius 2 is 1.93 bits per heavy atom. The molecular formula is C21H30N4O3. The first kappa shape index (κ1) is 21.7. The molecule has 1 aliphatic heterocycles. The van der Waals surface area contributed by atoms with Gasteiger partial charge in [-0.15, -0.1) is 6.42 Å². The number of hydrogen-bond donors (Lipinski definition) is 4. The second kappa shape index (κ2) is 11.3. The molecule has 0 aromatic heterocycles. The van der Waals surface area contributed by atoms with Crippen LogP contribution in [0.4, 0.5) is 4.79 Å². The minimum absolute atomic E-state index is 0.0459. The topological polar surface area (TPSA) is 93.7 Å². The molecule has 1 aromatic rings. The Morgan fingerprint density at radius 3 is 2.54 bits per heavy atom. The smallest absolute Gasteiger partial charge is 0.315 e. The van der Waals surface area contributed by atoms with Crippen molar-refractivity contribution in [3.8, 4) is 12.3 Å². The average Bonchev–Trinajstić information content (AvgIpc) is 2.71. The van der Waals surface area contributed by atoms with Gasteiger partial charge in [0, 0.05) is 13.1 Å². The Morgan fingerprint density at radius 1 is 1.25 bits per heavy atom. The molecule has 3 amide bonds. The number of rotatable bonds is 8. The molecule has 28 heavy (non-hydrogen) atoms. The lowest BCUT2D eigenvalue weighted by molar-refractivity contribution is -0.124. The molecule has 0 saturated carbocycles. The van der Waals surface area contributed by atoms with Crippen molar-refractivity contribution in [2.75, 3.05) is 32.7 Å². The molecule has 0 unspecified atom stereocenters. The Kier molecular flexibility index (Phi) is 8.79. The van der Waals surface area contributed by atoms with E-state index >= 15 is 0 Å². The van der Waals surface area contributed by atoms with E-state index in [4.69, 9.17) is 6.42 Å². The molecular weight excluding hydrogens is 356 g/mol. The van der Waals surface area contributed by atoms with E-state index in [1.165, 1.54) is 12.5 Å². The summed E-state index contributed by atoms with van der Waals surface area (Å²) in [6.45, 7) is 4.70. The lowest BCUT2D eigenvalue weighted by Gasteiger charge is -2.32. The van der Waals surface area contributed by atoms with Crippen LogP contribution in [0, 0.1) is 12.3 Å². The molecule has 0 aliphatic carbocycles. The van der Waals surface area contributed by atoms with Crippen molar-refractivity contribution in [1.29, 1.82) is 0 Å². The number of aliphatic hydroxyl groups is 1. The zero-order valence-corrected chi connectivity index (χ0v) is 16.4. The molecule has 7 nitrogen and oxygen atoms in total. The van der Waals surface area contributed by atoms with Crippen LogP contribution in [0.3, 0.4) is 0 Å². The molecule has 152 valence electrons. The number of nitrogens with zero attached hydrogens (tertiary/aromatic N) is 1. The molecule has 0 spiro atoms. The predicted molar refractivity (Wildman–Crippen MR) is 109 cm³/mol. The summed E-state index contributed by atoms with van der Waals surface area (Å²) in [6, 6.07) is 9.04. The molecule has 4 N–H and O–H groups in total. The Labute approximate surface area is 166 Å². The van der Waals surface area contributed by atoms with Gasteiger partial charge in [0.05, 0.1) is 12.6 Å². The first-order valence-electron chi connectivity index (χ1n) is 9.72. The van der Waals surface area contributed by atoms with Gasteiger partial charge in [0.2, 0.25) is 5.91 Å². The quantitative estimate of drug-likeness (QED) is 0.494. The lowest BCUT2D eigenvalue weighted by atomic mass is 9.89. The lowest BCUT2D eigenvalue weighted by Crippen LogP contribution is -2.55. The number of carbonyl (C=O) groups excluding carboxylic acids is 2. The number of carbonyl (C=O) groups is 2. The van der Waals surface area contributed by atoms with Crippen molar-refractivity contribution in [1.82, 2.24) is 20.9 Å². The predicted octanol–water partition coefficient (Wildman–Crippen LogP) is 0.664. The highest BCUT2D eigenvalue weighted by Crippen LogP contribution is 2.27. The number of likely N-dealkylation sites (tertiary alicyclic amines) is 1. The van der Waals surface area contributed by atoms with E-state index in [2.05, 4.69) is 51.0 Å². The summed E-state index contributed by atoms with van der Waals surface area (Å²) in [6.07, 6.45) is 6.29. The van der Waals surface area contributed by atoms with Crippen LogP contribution in [-0.4, -0.2) is 66.8 Å². The number of hydrogen-bond acceptors (Lipinski definition) is 4. The summed E-state index contributed by atoms with van der Waals surface area (Å²) in [5.41, 5.74) is 1.40. The van der Waals surface area contributed by atoms with Crippen molar-refractivity contribution >= 4 is 11.9 Å². The van der Waals surface area contributed by atoms with Crippen LogP contribution in [0.1, 0.15) is 31.2 Å². The largest absolute Gasteiger partial charge is 0.391 e. The third-order valence-corrected chi connectivity index (χ3v) is 4.99. The average molecular weight is 386 g/mol. The molecule has 1 heterocycles. The van der Waals surface area contributed by atoms with Crippen molar-refractivity contribution in [2.24, 2.45) is 0 Å². The van der Waals surface area contributed by atoms with Gasteiger partial charge in [0.25, 0.3) is 0 Å². The van der Waals surface area contributed by atoms with Crippen LogP contribution >= 0.6 is 0 Å². The van der Waals surface area contributed by atoms with Gasteiger partial charge in [-0.2, -0.15) is 0 Å². The SMILES string of the molecule is C#CCNC(=O)[C@@H](NC(=O)NCCN1CCC(c2ccccc2)CC1)[C@@H](C)O. The van der Waals surface area contributed by atoms with Crippen molar-refractivity contribution in [3.63, 3.8) is 0 Å². The van der Waals surface area contributed by atoms with Crippen molar-refractivity contribution in [3.05, 3.63) is 35.9 Å². The van der Waals surface area contributed by atoms with Crippen molar-refractivity contribution in [2.45, 2.75) is 37.8 Å². The number of amides is 3. The molecule has 7 heteroatoms. The highest BCUT2D eigenvalue weighted by Gasteiger charge is 2.25. The van der Waals surface area contributed by atoms with E-state index in [9.17, 15) is 14.7 Å². The molecule has 1 fully saturated rings. The normalized spacial score (nSPS) is 17.2. The van der Waals surface area contributed by atoms with E-state index in [1.807, 2.05) is 6.07 Å². The van der Waals surface area contributed by atoms with Crippen molar-refractivity contribution < 1.29 is 14.7 Å². The summed E-state index contributed by atoms with van der Waals surface area (Å²) in [5, 5.41) is 17.4. The van der Waals surface area contributed by atoms with E-state index in [0.29, 0.717) is 12.5 Å². The Hall–Kier alpha value is -2.56. The zero-order valence-electron chi connectivity index (χ0n) is 16.4. The van der Waals surface area contributed by atoms with Crippen LogP contribution < -0.4 is 16.0 Å². The van der Waals surface area contributed by atoms with E-state index in [-0.39, 0.29) is 6.54 Å². The van der Waals surface area contributed by atoms with Crippen LogP contribution in [-0.2, 0) is 4.79 Å².